The molecule has 1 N–H and O–H groups in total. The molecule has 1 aromatic heterocycles. The van der Waals surface area contributed by atoms with E-state index in [1.165, 1.54) is 0 Å². The summed E-state index contributed by atoms with van der Waals surface area (Å²) in [6.07, 6.45) is 0. The predicted molar refractivity (Wildman–Crippen MR) is 57.9 cm³/mol. The second kappa shape index (κ2) is 4.59. The van der Waals surface area contributed by atoms with Gasteiger partial charge in [0.2, 0.25) is 0 Å². The highest BCUT2D eigenvalue weighted by molar-refractivity contribution is 5.42. The first-order chi connectivity index (χ1) is 7.29. The first kappa shape index (κ1) is 10.4. The monoisotopic (exact) mass is 208 g/mol. The summed E-state index contributed by atoms with van der Waals surface area (Å²) in [6, 6.07) is 3.95. The molecule has 2 rings (SSSR count). The lowest BCUT2D eigenvalue weighted by Gasteiger charge is -2.28. The first-order valence-electron chi connectivity index (χ1n) is 5.21. The number of aryl methyl sites for hydroxylation is 1. The molecule has 1 aliphatic rings. The number of hydrogen-bond acceptors (Lipinski definition) is 4. The summed E-state index contributed by atoms with van der Waals surface area (Å²) in [5, 5.41) is 9.08. The summed E-state index contributed by atoms with van der Waals surface area (Å²) in [4.78, 5) is 6.59. The molecule has 0 spiro atoms. The van der Waals surface area contributed by atoms with E-state index in [2.05, 4.69) is 9.88 Å². The van der Waals surface area contributed by atoms with Gasteiger partial charge in [0, 0.05) is 13.1 Å². The van der Waals surface area contributed by atoms with Crippen molar-refractivity contribution in [3.63, 3.8) is 0 Å². The minimum Gasteiger partial charge on any atom is -0.390 e. The van der Waals surface area contributed by atoms with Gasteiger partial charge in [-0.3, -0.25) is 0 Å². The number of aliphatic hydroxyl groups excluding tert-OH is 1. The van der Waals surface area contributed by atoms with Crippen LogP contribution in [-0.2, 0) is 11.3 Å². The van der Waals surface area contributed by atoms with E-state index >= 15 is 0 Å². The van der Waals surface area contributed by atoms with Crippen LogP contribution >= 0.6 is 0 Å². The Morgan fingerprint density at radius 2 is 2.13 bits per heavy atom. The molecule has 0 radical (unpaired) electrons. The molecule has 0 aromatic carbocycles. The summed E-state index contributed by atoms with van der Waals surface area (Å²) in [5.74, 6) is 0.947. The highest BCUT2D eigenvalue weighted by atomic mass is 16.5. The highest BCUT2D eigenvalue weighted by Crippen LogP contribution is 2.16. The van der Waals surface area contributed by atoms with Crippen LogP contribution in [0.5, 0.6) is 0 Å². The molecule has 1 aromatic rings. The van der Waals surface area contributed by atoms with Crippen LogP contribution in [0.15, 0.2) is 12.1 Å². The molecule has 1 saturated heterocycles. The number of aromatic nitrogens is 1. The lowest BCUT2D eigenvalue weighted by Crippen LogP contribution is -2.36. The van der Waals surface area contributed by atoms with Crippen molar-refractivity contribution in [2.45, 2.75) is 13.5 Å². The molecule has 0 aliphatic carbocycles. The van der Waals surface area contributed by atoms with E-state index < -0.39 is 0 Å². The first-order valence-corrected chi connectivity index (χ1v) is 5.21. The second-order valence-corrected chi connectivity index (χ2v) is 3.75. The van der Waals surface area contributed by atoms with Crippen LogP contribution in [0, 0.1) is 6.92 Å². The Hall–Kier alpha value is -1.13. The van der Waals surface area contributed by atoms with Crippen molar-refractivity contribution < 1.29 is 9.84 Å². The topological polar surface area (TPSA) is 45.6 Å². The molecule has 0 unspecified atom stereocenters. The average Bonchev–Trinajstić information content (AvgIpc) is 2.29. The molecular weight excluding hydrogens is 192 g/mol. The van der Waals surface area contributed by atoms with Gasteiger partial charge in [-0.05, 0) is 24.6 Å². The molecule has 1 fully saturated rings. The standard InChI is InChI=1S/C11H16N2O2/c1-9-6-10(8-14)12-11(7-9)13-2-4-15-5-3-13/h6-7,14H,2-5,8H2,1H3. The Bertz CT molecular complexity index is 335. The van der Waals surface area contributed by atoms with Crippen LogP contribution in [-0.4, -0.2) is 36.4 Å². The molecule has 15 heavy (non-hydrogen) atoms. The fraction of sp³-hybridized carbons (Fsp3) is 0.545. The van der Waals surface area contributed by atoms with Gasteiger partial charge in [0.05, 0.1) is 25.5 Å². The number of morpholine rings is 1. The van der Waals surface area contributed by atoms with Crippen LogP contribution in [0.1, 0.15) is 11.3 Å². The third-order valence-electron chi connectivity index (χ3n) is 2.51. The van der Waals surface area contributed by atoms with E-state index in [-0.39, 0.29) is 6.61 Å². The fourth-order valence-corrected chi connectivity index (χ4v) is 1.76. The Kier molecular flexibility index (Phi) is 3.18. The van der Waals surface area contributed by atoms with Gasteiger partial charge in [-0.1, -0.05) is 0 Å². The van der Waals surface area contributed by atoms with Gasteiger partial charge >= 0.3 is 0 Å². The van der Waals surface area contributed by atoms with Crippen molar-refractivity contribution in [2.24, 2.45) is 0 Å². The zero-order chi connectivity index (χ0) is 10.7. The Morgan fingerprint density at radius 1 is 1.40 bits per heavy atom. The Morgan fingerprint density at radius 3 is 2.80 bits per heavy atom. The van der Waals surface area contributed by atoms with Crippen molar-refractivity contribution in [3.05, 3.63) is 23.4 Å². The molecule has 0 amide bonds. The smallest absolute Gasteiger partial charge is 0.129 e. The van der Waals surface area contributed by atoms with Crippen LogP contribution in [0.25, 0.3) is 0 Å². The fourth-order valence-electron chi connectivity index (χ4n) is 1.76. The predicted octanol–water partition coefficient (Wildman–Crippen LogP) is 0.719. The van der Waals surface area contributed by atoms with Crippen molar-refractivity contribution in [1.29, 1.82) is 0 Å². The largest absolute Gasteiger partial charge is 0.390 e. The van der Waals surface area contributed by atoms with E-state index in [0.29, 0.717) is 0 Å². The van der Waals surface area contributed by atoms with E-state index in [4.69, 9.17) is 9.84 Å². The molecule has 1 aliphatic heterocycles. The summed E-state index contributed by atoms with van der Waals surface area (Å²) < 4.78 is 5.29. The van der Waals surface area contributed by atoms with Crippen molar-refractivity contribution in [1.82, 2.24) is 4.98 Å². The van der Waals surface area contributed by atoms with E-state index in [9.17, 15) is 0 Å². The van der Waals surface area contributed by atoms with Crippen molar-refractivity contribution in [2.75, 3.05) is 31.2 Å². The van der Waals surface area contributed by atoms with Crippen LogP contribution in [0.2, 0.25) is 0 Å². The molecular formula is C11H16N2O2. The quantitative estimate of drug-likeness (QED) is 0.778. The zero-order valence-electron chi connectivity index (χ0n) is 8.94. The van der Waals surface area contributed by atoms with Gasteiger partial charge in [0.25, 0.3) is 0 Å². The van der Waals surface area contributed by atoms with Crippen LogP contribution in [0.3, 0.4) is 0 Å². The van der Waals surface area contributed by atoms with Gasteiger partial charge in [-0.2, -0.15) is 0 Å². The van der Waals surface area contributed by atoms with E-state index in [1.54, 1.807) is 0 Å². The van der Waals surface area contributed by atoms with Crippen LogP contribution in [0.4, 0.5) is 5.82 Å². The second-order valence-electron chi connectivity index (χ2n) is 3.75. The third-order valence-corrected chi connectivity index (χ3v) is 2.51. The van der Waals surface area contributed by atoms with Gasteiger partial charge in [-0.25, -0.2) is 4.98 Å². The Balaban J connectivity index is 2.22. The summed E-state index contributed by atoms with van der Waals surface area (Å²) in [7, 11) is 0. The van der Waals surface area contributed by atoms with E-state index in [1.807, 2.05) is 19.1 Å². The lowest BCUT2D eigenvalue weighted by molar-refractivity contribution is 0.122. The number of ether oxygens (including phenoxy) is 1. The maximum absolute atomic E-state index is 9.08. The maximum Gasteiger partial charge on any atom is 0.129 e. The van der Waals surface area contributed by atoms with Gasteiger partial charge in [0.15, 0.2) is 0 Å². The molecule has 0 atom stereocenters. The number of aliphatic hydroxyl groups is 1. The zero-order valence-corrected chi connectivity index (χ0v) is 8.94. The Labute approximate surface area is 89.5 Å². The number of hydrogen-bond donors (Lipinski definition) is 1. The molecule has 0 saturated carbocycles. The number of pyridine rings is 1. The molecule has 4 heteroatoms. The minimum absolute atomic E-state index is 0.000972. The number of nitrogens with zero attached hydrogens (tertiary/aromatic N) is 2. The van der Waals surface area contributed by atoms with Gasteiger partial charge in [0.1, 0.15) is 5.82 Å². The summed E-state index contributed by atoms with van der Waals surface area (Å²) in [6.45, 7) is 5.28. The maximum atomic E-state index is 9.08. The molecule has 82 valence electrons. The van der Waals surface area contributed by atoms with E-state index in [0.717, 1.165) is 43.4 Å². The average molecular weight is 208 g/mol. The van der Waals surface area contributed by atoms with Gasteiger partial charge < -0.3 is 14.7 Å². The normalized spacial score (nSPS) is 16.8. The van der Waals surface area contributed by atoms with Crippen LogP contribution < -0.4 is 4.90 Å². The summed E-state index contributed by atoms with van der Waals surface area (Å²) in [5.41, 5.74) is 1.87. The number of anilines is 1. The molecule has 4 nitrogen and oxygen atoms in total. The van der Waals surface area contributed by atoms with Gasteiger partial charge in [-0.15, -0.1) is 0 Å². The summed E-state index contributed by atoms with van der Waals surface area (Å²) >= 11 is 0. The van der Waals surface area contributed by atoms with Crippen molar-refractivity contribution in [3.8, 4) is 0 Å². The SMILES string of the molecule is Cc1cc(CO)nc(N2CCOCC2)c1. The minimum atomic E-state index is -0.000972. The van der Waals surface area contributed by atoms with Crippen molar-refractivity contribution >= 4 is 5.82 Å². The number of rotatable bonds is 2. The third kappa shape index (κ3) is 2.46. The molecule has 0 bridgehead atoms. The highest BCUT2D eigenvalue weighted by Gasteiger charge is 2.13. The lowest BCUT2D eigenvalue weighted by atomic mass is 10.2. The molecule has 2 heterocycles.